The summed E-state index contributed by atoms with van der Waals surface area (Å²) in [4.78, 5) is 27.1. The third-order valence-corrected chi connectivity index (χ3v) is 8.76. The fourth-order valence-electron chi connectivity index (χ4n) is 7.46. The number of ether oxygens (including phenoxy) is 2. The van der Waals surface area contributed by atoms with Crippen LogP contribution in [0.5, 0.6) is 0 Å². The molecule has 3 aromatic rings. The van der Waals surface area contributed by atoms with Gasteiger partial charge in [-0.15, -0.1) is 0 Å². The van der Waals surface area contributed by atoms with Crippen molar-refractivity contribution in [2.24, 2.45) is 17.8 Å². The van der Waals surface area contributed by atoms with Crippen molar-refractivity contribution in [3.8, 4) is 11.5 Å². The molecule has 3 N–H and O–H groups in total. The number of aliphatic hydroxyl groups is 1. The van der Waals surface area contributed by atoms with E-state index in [4.69, 9.17) is 14.0 Å². The summed E-state index contributed by atoms with van der Waals surface area (Å²) >= 11 is 0. The Morgan fingerprint density at radius 1 is 1.32 bits per heavy atom. The summed E-state index contributed by atoms with van der Waals surface area (Å²) in [5.41, 5.74) is 1.82. The number of hydrogen-bond acceptors (Lipinski definition) is 9. The Balaban J connectivity index is 1.18. The number of nitrogens with one attached hydrogen (secondary N) is 2. The average Bonchev–Trinajstić information content (AvgIpc) is 3.55. The Kier molecular flexibility index (Phi) is 5.49. The van der Waals surface area contributed by atoms with E-state index >= 15 is 0 Å². The quantitative estimate of drug-likeness (QED) is 0.458. The van der Waals surface area contributed by atoms with Crippen LogP contribution < -0.4 is 5.32 Å². The molecule has 5 fully saturated rings. The molecule has 0 spiro atoms. The SMILES string of the molecule is COC[C@@H]1CN(C(=O)c2noc(-c3cnc4[nH]ccc4c3N[C@H]3[C@@H]4CC5C[C@H]3C[C@@](O)(C5)C4)n2)CCO1. The molecule has 4 bridgehead atoms. The van der Waals surface area contributed by atoms with E-state index in [9.17, 15) is 9.90 Å². The van der Waals surface area contributed by atoms with Gasteiger partial charge in [-0.05, 0) is 55.9 Å². The first kappa shape index (κ1) is 23.1. The number of methoxy groups -OCH3 is 1. The molecule has 0 aromatic carbocycles. The molecule has 3 aromatic heterocycles. The monoisotopic (exact) mass is 508 g/mol. The Hall–Kier alpha value is -3.02. The third kappa shape index (κ3) is 4.00. The van der Waals surface area contributed by atoms with Crippen LogP contribution in [0.25, 0.3) is 22.5 Å². The van der Waals surface area contributed by atoms with E-state index in [1.807, 2.05) is 12.3 Å². The molecule has 1 unspecified atom stereocenters. The number of nitrogens with zero attached hydrogens (tertiary/aromatic N) is 4. The minimum absolute atomic E-state index is 0.0185. The molecule has 0 radical (unpaired) electrons. The second-order valence-electron chi connectivity index (χ2n) is 11.3. The van der Waals surface area contributed by atoms with E-state index in [-0.39, 0.29) is 29.8 Å². The zero-order chi connectivity index (χ0) is 25.1. The van der Waals surface area contributed by atoms with Crippen LogP contribution in [0.15, 0.2) is 23.0 Å². The summed E-state index contributed by atoms with van der Waals surface area (Å²) in [6, 6.07) is 2.25. The second-order valence-corrected chi connectivity index (χ2v) is 11.3. The highest BCUT2D eigenvalue weighted by atomic mass is 16.5. The van der Waals surface area contributed by atoms with Gasteiger partial charge in [0.2, 0.25) is 0 Å². The smallest absolute Gasteiger partial charge is 0.295 e. The van der Waals surface area contributed by atoms with Gasteiger partial charge in [0.05, 0.1) is 36.2 Å². The zero-order valence-electron chi connectivity index (χ0n) is 20.9. The summed E-state index contributed by atoms with van der Waals surface area (Å²) in [5.74, 6) is 1.45. The van der Waals surface area contributed by atoms with Crippen LogP contribution in [-0.2, 0) is 9.47 Å². The lowest BCUT2D eigenvalue weighted by Crippen LogP contribution is -2.59. The molecule has 37 heavy (non-hydrogen) atoms. The number of morpholine rings is 1. The number of aromatic nitrogens is 4. The van der Waals surface area contributed by atoms with Crippen molar-refractivity contribution in [3.63, 3.8) is 0 Å². The fraction of sp³-hybridized carbons (Fsp3) is 0.615. The molecule has 4 saturated carbocycles. The summed E-state index contributed by atoms with van der Waals surface area (Å²) in [6.45, 7) is 1.73. The molecular weight excluding hydrogens is 476 g/mol. The molecule has 1 amide bonds. The third-order valence-electron chi connectivity index (χ3n) is 8.76. The molecule has 4 heterocycles. The van der Waals surface area contributed by atoms with Crippen molar-refractivity contribution < 1.29 is 23.9 Å². The van der Waals surface area contributed by atoms with Crippen LogP contribution in [0, 0.1) is 17.8 Å². The van der Waals surface area contributed by atoms with E-state index in [1.54, 1.807) is 18.2 Å². The van der Waals surface area contributed by atoms with Gasteiger partial charge in [0, 0.05) is 44.0 Å². The van der Waals surface area contributed by atoms with Gasteiger partial charge in [-0.3, -0.25) is 4.79 Å². The molecule has 4 aliphatic carbocycles. The van der Waals surface area contributed by atoms with Crippen LogP contribution in [0.2, 0.25) is 0 Å². The van der Waals surface area contributed by atoms with Crippen LogP contribution in [0.3, 0.4) is 0 Å². The number of amides is 1. The molecule has 196 valence electrons. The number of fused-ring (bicyclic) bond motifs is 1. The lowest BCUT2D eigenvalue weighted by Gasteiger charge is -2.58. The molecule has 6 atom stereocenters. The molecule has 8 rings (SSSR count). The summed E-state index contributed by atoms with van der Waals surface area (Å²) in [5, 5.41) is 19.8. The molecule has 11 nitrogen and oxygen atoms in total. The van der Waals surface area contributed by atoms with Gasteiger partial charge in [-0.2, -0.15) is 4.98 Å². The first-order valence-corrected chi connectivity index (χ1v) is 13.2. The number of anilines is 1. The summed E-state index contributed by atoms with van der Waals surface area (Å²) in [7, 11) is 1.61. The Morgan fingerprint density at radius 3 is 2.95 bits per heavy atom. The van der Waals surface area contributed by atoms with Gasteiger partial charge in [-0.1, -0.05) is 5.16 Å². The number of carbonyl (C=O) groups excluding carboxylic acids is 1. The highest BCUT2D eigenvalue weighted by molar-refractivity contribution is 5.97. The lowest BCUT2D eigenvalue weighted by atomic mass is 9.52. The van der Waals surface area contributed by atoms with Crippen molar-refractivity contribution in [2.75, 3.05) is 38.7 Å². The molecular formula is C26H32N6O5. The largest absolute Gasteiger partial charge is 0.390 e. The van der Waals surface area contributed by atoms with E-state index in [2.05, 4.69) is 25.4 Å². The van der Waals surface area contributed by atoms with Crippen LogP contribution in [0.4, 0.5) is 5.69 Å². The number of hydrogen-bond donors (Lipinski definition) is 3. The van der Waals surface area contributed by atoms with E-state index < -0.39 is 5.60 Å². The number of carbonyl (C=O) groups is 1. The van der Waals surface area contributed by atoms with Crippen LogP contribution in [-0.4, -0.2) is 87.2 Å². The van der Waals surface area contributed by atoms with Gasteiger partial charge < -0.3 is 34.3 Å². The standard InChI is InChI=1S/C26H32N6O5/c1-35-13-17-12-32(4-5-36-17)25(33)23-30-24(37-31-23)19-11-28-22-18(2-3-27-22)21(19)29-20-15-6-14-7-16(20)10-26(34,8-14)9-15/h2-3,11,14-17,20,34H,4-10,12-13H2,1H3,(H2,27,28,29)/t14?,15-,16+,17-,20+,26-/m0/s1. The molecule has 1 saturated heterocycles. The second kappa shape index (κ2) is 8.78. The Bertz CT molecular complexity index is 1300. The highest BCUT2D eigenvalue weighted by Gasteiger charge is 2.54. The topological polar surface area (TPSA) is 139 Å². The van der Waals surface area contributed by atoms with Gasteiger partial charge >= 0.3 is 0 Å². The van der Waals surface area contributed by atoms with Gasteiger partial charge in [0.25, 0.3) is 17.6 Å². The summed E-state index contributed by atoms with van der Waals surface area (Å²) in [6.07, 6.45) is 8.34. The average molecular weight is 509 g/mol. The molecule has 1 aliphatic heterocycles. The first-order valence-electron chi connectivity index (χ1n) is 13.2. The van der Waals surface area contributed by atoms with Crippen LogP contribution >= 0.6 is 0 Å². The van der Waals surface area contributed by atoms with Crippen molar-refractivity contribution in [1.29, 1.82) is 0 Å². The van der Waals surface area contributed by atoms with E-state index in [0.717, 1.165) is 48.8 Å². The van der Waals surface area contributed by atoms with Gasteiger partial charge in [-0.25, -0.2) is 4.98 Å². The highest BCUT2D eigenvalue weighted by Crippen LogP contribution is 2.56. The first-order chi connectivity index (χ1) is 18.0. The van der Waals surface area contributed by atoms with Gasteiger partial charge in [0.1, 0.15) is 5.65 Å². The van der Waals surface area contributed by atoms with Crippen LogP contribution in [0.1, 0.15) is 42.7 Å². The predicted octanol–water partition coefficient (Wildman–Crippen LogP) is 2.45. The number of pyridine rings is 1. The van der Waals surface area contributed by atoms with Crippen molar-refractivity contribution >= 4 is 22.6 Å². The van der Waals surface area contributed by atoms with Crippen molar-refractivity contribution in [3.05, 3.63) is 24.3 Å². The molecule has 11 heteroatoms. The lowest BCUT2D eigenvalue weighted by molar-refractivity contribution is -0.129. The van der Waals surface area contributed by atoms with E-state index in [0.29, 0.717) is 49.6 Å². The van der Waals surface area contributed by atoms with Crippen molar-refractivity contribution in [1.82, 2.24) is 25.0 Å². The number of rotatable bonds is 6. The normalized spacial score (nSPS) is 32.8. The maximum atomic E-state index is 13.1. The minimum Gasteiger partial charge on any atom is -0.390 e. The maximum Gasteiger partial charge on any atom is 0.295 e. The maximum absolute atomic E-state index is 13.1. The zero-order valence-corrected chi connectivity index (χ0v) is 20.9. The Morgan fingerprint density at radius 2 is 2.16 bits per heavy atom. The van der Waals surface area contributed by atoms with Gasteiger partial charge in [0.15, 0.2) is 0 Å². The minimum atomic E-state index is -0.497. The molecule has 5 aliphatic rings. The van der Waals surface area contributed by atoms with Crippen molar-refractivity contribution in [2.45, 2.75) is 49.9 Å². The van der Waals surface area contributed by atoms with E-state index in [1.165, 1.54) is 0 Å². The summed E-state index contributed by atoms with van der Waals surface area (Å²) < 4.78 is 16.5. The number of H-pyrrole nitrogens is 1. The fourth-order valence-corrected chi connectivity index (χ4v) is 7.46. The Labute approximate surface area is 213 Å². The number of aromatic amines is 1. The predicted molar refractivity (Wildman–Crippen MR) is 133 cm³/mol.